The van der Waals surface area contributed by atoms with Crippen molar-refractivity contribution in [1.29, 1.82) is 0 Å². The van der Waals surface area contributed by atoms with Gasteiger partial charge in [0, 0.05) is 0 Å². The van der Waals surface area contributed by atoms with Crippen molar-refractivity contribution in [3.8, 4) is 0 Å². The Morgan fingerprint density at radius 1 is 1.10 bits per heavy atom. The molecule has 0 heterocycles. The maximum Gasteiger partial charge on any atom is 0.543 e. The first-order chi connectivity index (χ1) is 9.52. The monoisotopic (exact) mass is 282 g/mol. The van der Waals surface area contributed by atoms with Crippen LogP contribution >= 0.6 is 0 Å². The topological polar surface area (TPSA) is 71.1 Å². The minimum atomic E-state index is -1.08. The SMILES string of the molecule is CCCc1ccc(C(=O)OOOC(=O)OC(C)C)cc1. The van der Waals surface area contributed by atoms with Crippen molar-refractivity contribution in [2.45, 2.75) is 39.7 Å². The van der Waals surface area contributed by atoms with Crippen LogP contribution in [-0.2, 0) is 26.0 Å². The summed E-state index contributed by atoms with van der Waals surface area (Å²) in [5.41, 5.74) is 1.42. The van der Waals surface area contributed by atoms with E-state index in [9.17, 15) is 9.59 Å². The third-order valence-electron chi connectivity index (χ3n) is 2.27. The Labute approximate surface area is 117 Å². The van der Waals surface area contributed by atoms with Gasteiger partial charge in [0.2, 0.25) is 0 Å². The third kappa shape index (κ3) is 5.71. The minimum Gasteiger partial charge on any atom is -0.430 e. The highest BCUT2D eigenvalue weighted by molar-refractivity contribution is 5.88. The minimum absolute atomic E-state index is 0.297. The van der Waals surface area contributed by atoms with Crippen LogP contribution in [0.1, 0.15) is 43.1 Å². The van der Waals surface area contributed by atoms with Gasteiger partial charge >= 0.3 is 12.1 Å². The number of carbonyl (C=O) groups is 2. The molecule has 1 rings (SSSR count). The van der Waals surface area contributed by atoms with Crippen LogP contribution in [0.4, 0.5) is 4.79 Å². The van der Waals surface area contributed by atoms with Gasteiger partial charge in [-0.05, 0) is 38.0 Å². The number of ether oxygens (including phenoxy) is 1. The summed E-state index contributed by atoms with van der Waals surface area (Å²) >= 11 is 0. The van der Waals surface area contributed by atoms with Gasteiger partial charge < -0.3 is 4.74 Å². The molecule has 0 fully saturated rings. The first kappa shape index (κ1) is 16.0. The zero-order chi connectivity index (χ0) is 15.0. The number of hydrogen-bond acceptors (Lipinski definition) is 6. The molecule has 1 aromatic rings. The van der Waals surface area contributed by atoms with Crippen LogP contribution in [0.5, 0.6) is 0 Å². The van der Waals surface area contributed by atoms with Crippen molar-refractivity contribution >= 4 is 12.1 Å². The lowest BCUT2D eigenvalue weighted by atomic mass is 10.1. The molecule has 0 atom stereocenters. The van der Waals surface area contributed by atoms with Crippen LogP contribution in [0.2, 0.25) is 0 Å². The molecular weight excluding hydrogens is 264 g/mol. The first-order valence-electron chi connectivity index (χ1n) is 6.38. The van der Waals surface area contributed by atoms with Gasteiger partial charge in [0.25, 0.3) is 0 Å². The normalized spacial score (nSPS) is 10.2. The number of hydrogen-bond donors (Lipinski definition) is 0. The molecule has 0 aliphatic heterocycles. The van der Waals surface area contributed by atoms with E-state index in [1.165, 1.54) is 0 Å². The summed E-state index contributed by atoms with van der Waals surface area (Å²) in [6.45, 7) is 5.36. The second kappa shape index (κ2) is 8.16. The summed E-state index contributed by atoms with van der Waals surface area (Å²) in [5.74, 6) is -0.759. The maximum atomic E-state index is 11.5. The average Bonchev–Trinajstić information content (AvgIpc) is 2.39. The quantitative estimate of drug-likeness (QED) is 0.453. The van der Waals surface area contributed by atoms with Crippen molar-refractivity contribution in [3.05, 3.63) is 35.4 Å². The average molecular weight is 282 g/mol. The van der Waals surface area contributed by atoms with Gasteiger partial charge in [-0.15, -0.1) is 0 Å². The summed E-state index contributed by atoms with van der Waals surface area (Å²) < 4.78 is 4.60. The van der Waals surface area contributed by atoms with E-state index in [1.54, 1.807) is 26.0 Å². The lowest BCUT2D eigenvalue weighted by Crippen LogP contribution is -2.15. The molecule has 110 valence electrons. The molecule has 0 aliphatic carbocycles. The molecule has 1 aromatic carbocycles. The predicted octanol–water partition coefficient (Wildman–Crippen LogP) is 3.20. The van der Waals surface area contributed by atoms with E-state index >= 15 is 0 Å². The van der Waals surface area contributed by atoms with E-state index in [0.717, 1.165) is 18.4 Å². The Kier molecular flexibility index (Phi) is 6.52. The molecule has 0 aromatic heterocycles. The Bertz CT molecular complexity index is 437. The van der Waals surface area contributed by atoms with Gasteiger partial charge in [-0.1, -0.05) is 25.5 Å². The van der Waals surface area contributed by atoms with Gasteiger partial charge in [-0.3, -0.25) is 4.89 Å². The number of aryl methyl sites for hydroxylation is 1. The zero-order valence-electron chi connectivity index (χ0n) is 11.8. The molecular formula is C14H18O6. The molecule has 0 aliphatic rings. The van der Waals surface area contributed by atoms with Gasteiger partial charge in [0.05, 0.1) is 16.7 Å². The fourth-order valence-electron chi connectivity index (χ4n) is 1.43. The Hall–Kier alpha value is -2.08. The molecule has 20 heavy (non-hydrogen) atoms. The second-order valence-corrected chi connectivity index (χ2v) is 4.39. The molecule has 0 unspecified atom stereocenters. The molecule has 6 heteroatoms. The molecule has 0 amide bonds. The highest BCUT2D eigenvalue weighted by Crippen LogP contribution is 2.08. The van der Waals surface area contributed by atoms with E-state index in [1.807, 2.05) is 12.1 Å². The number of rotatable bonds is 6. The molecule has 0 saturated heterocycles. The van der Waals surface area contributed by atoms with Crippen LogP contribution in [-0.4, -0.2) is 18.2 Å². The Balaban J connectivity index is 2.37. The molecule has 6 nitrogen and oxygen atoms in total. The Morgan fingerprint density at radius 2 is 1.75 bits per heavy atom. The van der Waals surface area contributed by atoms with E-state index in [2.05, 4.69) is 26.5 Å². The predicted molar refractivity (Wildman–Crippen MR) is 69.6 cm³/mol. The zero-order valence-corrected chi connectivity index (χ0v) is 11.8. The van der Waals surface area contributed by atoms with Gasteiger partial charge in [-0.2, -0.15) is 0 Å². The number of benzene rings is 1. The molecule has 0 saturated carbocycles. The molecule has 0 radical (unpaired) electrons. The first-order valence-corrected chi connectivity index (χ1v) is 6.38. The van der Waals surface area contributed by atoms with Crippen LogP contribution in [0.3, 0.4) is 0 Å². The van der Waals surface area contributed by atoms with Crippen molar-refractivity contribution in [2.24, 2.45) is 0 Å². The Morgan fingerprint density at radius 3 is 2.30 bits per heavy atom. The maximum absolute atomic E-state index is 11.5. The van der Waals surface area contributed by atoms with Crippen LogP contribution in [0, 0.1) is 0 Å². The second-order valence-electron chi connectivity index (χ2n) is 4.39. The smallest absolute Gasteiger partial charge is 0.430 e. The largest absolute Gasteiger partial charge is 0.543 e. The standard InChI is InChI=1S/C14H18O6/c1-4-5-11-6-8-12(9-7-11)13(15)18-20-19-14(16)17-10(2)3/h6-10H,4-5H2,1-3H3. The highest BCUT2D eigenvalue weighted by atomic mass is 17.5. The summed E-state index contributed by atoms with van der Waals surface area (Å²) in [6.07, 6.45) is 0.535. The van der Waals surface area contributed by atoms with E-state index in [4.69, 9.17) is 0 Å². The third-order valence-corrected chi connectivity index (χ3v) is 2.27. The van der Waals surface area contributed by atoms with Gasteiger partial charge in [0.15, 0.2) is 0 Å². The summed E-state index contributed by atoms with van der Waals surface area (Å²) in [6, 6.07) is 6.88. The summed E-state index contributed by atoms with van der Waals surface area (Å²) in [7, 11) is 0. The van der Waals surface area contributed by atoms with E-state index in [0.29, 0.717) is 5.56 Å². The lowest BCUT2D eigenvalue weighted by Gasteiger charge is -2.06. The van der Waals surface area contributed by atoms with Crippen molar-refractivity contribution in [1.82, 2.24) is 0 Å². The van der Waals surface area contributed by atoms with Crippen LogP contribution in [0.25, 0.3) is 0 Å². The van der Waals surface area contributed by atoms with Crippen LogP contribution < -0.4 is 0 Å². The fraction of sp³-hybridized carbons (Fsp3) is 0.429. The van der Waals surface area contributed by atoms with Gasteiger partial charge in [0.1, 0.15) is 0 Å². The van der Waals surface area contributed by atoms with E-state index in [-0.39, 0.29) is 6.10 Å². The molecule has 0 spiro atoms. The molecule has 0 bridgehead atoms. The lowest BCUT2D eigenvalue weighted by molar-refractivity contribution is -0.452. The highest BCUT2D eigenvalue weighted by Gasteiger charge is 2.12. The summed E-state index contributed by atoms with van der Waals surface area (Å²) in [5, 5.41) is 4.07. The van der Waals surface area contributed by atoms with Crippen LogP contribution in [0.15, 0.2) is 24.3 Å². The molecule has 0 N–H and O–H groups in total. The number of carbonyl (C=O) groups excluding carboxylic acids is 2. The van der Waals surface area contributed by atoms with Crippen molar-refractivity contribution in [2.75, 3.05) is 0 Å². The van der Waals surface area contributed by atoms with Crippen molar-refractivity contribution < 1.29 is 29.1 Å². The summed E-state index contributed by atoms with van der Waals surface area (Å²) in [4.78, 5) is 30.9. The fourth-order valence-corrected chi connectivity index (χ4v) is 1.43. The van der Waals surface area contributed by atoms with Gasteiger partial charge in [-0.25, -0.2) is 14.5 Å². The van der Waals surface area contributed by atoms with E-state index < -0.39 is 12.1 Å². The van der Waals surface area contributed by atoms with Crippen molar-refractivity contribution in [3.63, 3.8) is 0 Å².